The van der Waals surface area contributed by atoms with E-state index in [0.717, 1.165) is 12.8 Å². The Balaban J connectivity index is 2.99. The average molecular weight is 247 g/mol. The van der Waals surface area contributed by atoms with Gasteiger partial charge in [-0.05, 0) is 19.3 Å². The number of hydrogen-bond donors (Lipinski definition) is 1. The summed E-state index contributed by atoms with van der Waals surface area (Å²) in [6, 6.07) is 0. The summed E-state index contributed by atoms with van der Waals surface area (Å²) in [6.45, 7) is 3.88. The highest BCUT2D eigenvalue weighted by Crippen LogP contribution is 2.38. The van der Waals surface area contributed by atoms with Gasteiger partial charge in [0.25, 0.3) is 0 Å². The third-order valence-electron chi connectivity index (χ3n) is 3.08. The molecule has 0 aromatic carbocycles. The molecule has 1 aliphatic carbocycles. The molecule has 0 aromatic heterocycles. The molecule has 1 unspecified atom stereocenters. The van der Waals surface area contributed by atoms with Gasteiger partial charge >= 0.3 is 6.18 Å². The molecule has 0 radical (unpaired) electrons. The lowest BCUT2D eigenvalue weighted by Crippen LogP contribution is -2.40. The Morgan fingerprint density at radius 1 is 1.29 bits per heavy atom. The molecule has 0 heterocycles. The number of rotatable bonds is 4. The zero-order chi connectivity index (χ0) is 13.1. The molecule has 17 heavy (non-hydrogen) atoms. The molecule has 1 rings (SSSR count). The lowest BCUT2D eigenvalue weighted by atomic mass is 9.79. The fourth-order valence-electron chi connectivity index (χ4n) is 2.38. The van der Waals surface area contributed by atoms with Gasteiger partial charge in [-0.15, -0.1) is 0 Å². The van der Waals surface area contributed by atoms with Crippen molar-refractivity contribution in [2.75, 3.05) is 0 Å². The van der Waals surface area contributed by atoms with Crippen molar-refractivity contribution in [3.8, 4) is 0 Å². The van der Waals surface area contributed by atoms with Crippen molar-refractivity contribution in [1.29, 1.82) is 0 Å². The van der Waals surface area contributed by atoms with Crippen LogP contribution in [0.4, 0.5) is 13.2 Å². The van der Waals surface area contributed by atoms with Gasteiger partial charge in [0.2, 0.25) is 0 Å². The van der Waals surface area contributed by atoms with Gasteiger partial charge in [-0.3, -0.25) is 0 Å². The van der Waals surface area contributed by atoms with E-state index in [2.05, 4.69) is 0 Å². The van der Waals surface area contributed by atoms with Gasteiger partial charge in [-0.25, -0.2) is 0 Å². The average Bonchev–Trinajstić information content (AvgIpc) is 2.16. The van der Waals surface area contributed by atoms with Crippen molar-refractivity contribution in [3.63, 3.8) is 0 Å². The second kappa shape index (κ2) is 5.25. The summed E-state index contributed by atoms with van der Waals surface area (Å²) in [5.41, 5.74) is 5.49. The van der Waals surface area contributed by atoms with Crippen LogP contribution in [0.5, 0.6) is 0 Å². The largest absolute Gasteiger partial charge is 0.416 e. The van der Waals surface area contributed by atoms with Crippen molar-refractivity contribution < 1.29 is 13.2 Å². The van der Waals surface area contributed by atoms with Crippen LogP contribution in [0.3, 0.4) is 0 Å². The molecule has 1 atom stereocenters. The molecule has 0 saturated heterocycles. The summed E-state index contributed by atoms with van der Waals surface area (Å²) in [6.07, 6.45) is 1.56. The van der Waals surface area contributed by atoms with Crippen LogP contribution >= 0.6 is 0 Å². The van der Waals surface area contributed by atoms with Crippen LogP contribution < -0.4 is 5.73 Å². The minimum Gasteiger partial charge on any atom is -0.322 e. The lowest BCUT2D eigenvalue weighted by molar-refractivity contribution is -0.0897. The standard InChI is InChI=1S/C13H20F3N/c1-3-5-10-9-12(17,7-4-2)8-6-11(10)13(14,15)16/h6,8H,3-5,7,9,17H2,1-2H3. The molecule has 1 aliphatic rings. The maximum atomic E-state index is 12.8. The normalized spacial score (nSPS) is 25.5. The first kappa shape index (κ1) is 14.3. The van der Waals surface area contributed by atoms with E-state index < -0.39 is 17.3 Å². The van der Waals surface area contributed by atoms with Crippen LogP contribution in [0.15, 0.2) is 23.3 Å². The SMILES string of the molecule is CCCC1=C(C(F)(F)F)C=CC(N)(CCC)C1. The Kier molecular flexibility index (Phi) is 4.42. The molecule has 0 aliphatic heterocycles. The van der Waals surface area contributed by atoms with Crippen molar-refractivity contribution in [1.82, 2.24) is 0 Å². The van der Waals surface area contributed by atoms with Gasteiger partial charge < -0.3 is 5.73 Å². The van der Waals surface area contributed by atoms with Crippen LogP contribution in [-0.4, -0.2) is 11.7 Å². The highest BCUT2D eigenvalue weighted by Gasteiger charge is 2.38. The van der Waals surface area contributed by atoms with E-state index >= 15 is 0 Å². The van der Waals surface area contributed by atoms with Gasteiger partial charge in [0.05, 0.1) is 5.57 Å². The van der Waals surface area contributed by atoms with E-state index in [1.54, 1.807) is 0 Å². The minimum atomic E-state index is -4.26. The lowest BCUT2D eigenvalue weighted by Gasteiger charge is -2.32. The van der Waals surface area contributed by atoms with Crippen LogP contribution in [0.25, 0.3) is 0 Å². The molecule has 0 fully saturated rings. The number of hydrogen-bond acceptors (Lipinski definition) is 1. The zero-order valence-electron chi connectivity index (χ0n) is 10.4. The monoisotopic (exact) mass is 247 g/mol. The Morgan fingerprint density at radius 3 is 2.41 bits per heavy atom. The predicted octanol–water partition coefficient (Wildman–Crippen LogP) is 4.10. The molecule has 2 N–H and O–H groups in total. The van der Waals surface area contributed by atoms with Gasteiger partial charge in [0.15, 0.2) is 0 Å². The quantitative estimate of drug-likeness (QED) is 0.795. The molecule has 0 amide bonds. The number of nitrogens with two attached hydrogens (primary N) is 1. The number of alkyl halides is 3. The molecule has 98 valence electrons. The minimum absolute atomic E-state index is 0.333. The number of halogens is 3. The summed E-state index contributed by atoms with van der Waals surface area (Å²) in [4.78, 5) is 0. The first-order valence-corrected chi connectivity index (χ1v) is 6.09. The summed E-state index contributed by atoms with van der Waals surface area (Å²) >= 11 is 0. The Morgan fingerprint density at radius 2 is 1.94 bits per heavy atom. The predicted molar refractivity (Wildman–Crippen MR) is 63.6 cm³/mol. The summed E-state index contributed by atoms with van der Waals surface area (Å²) in [5, 5.41) is 0. The van der Waals surface area contributed by atoms with E-state index in [0.29, 0.717) is 24.8 Å². The van der Waals surface area contributed by atoms with Crippen molar-refractivity contribution >= 4 is 0 Å². The Bertz CT molecular complexity index is 328. The first-order valence-electron chi connectivity index (χ1n) is 6.09. The Hall–Kier alpha value is -0.770. The molecular weight excluding hydrogens is 227 g/mol. The third kappa shape index (κ3) is 3.60. The van der Waals surface area contributed by atoms with Crippen molar-refractivity contribution in [3.05, 3.63) is 23.3 Å². The van der Waals surface area contributed by atoms with Gasteiger partial charge in [-0.1, -0.05) is 44.4 Å². The van der Waals surface area contributed by atoms with E-state index in [1.807, 2.05) is 13.8 Å². The van der Waals surface area contributed by atoms with Gasteiger partial charge in [-0.2, -0.15) is 13.2 Å². The third-order valence-corrected chi connectivity index (χ3v) is 3.08. The maximum absolute atomic E-state index is 12.8. The van der Waals surface area contributed by atoms with Crippen LogP contribution in [0, 0.1) is 0 Å². The molecule has 0 saturated carbocycles. The van der Waals surface area contributed by atoms with Gasteiger partial charge in [0.1, 0.15) is 0 Å². The molecule has 0 bridgehead atoms. The van der Waals surface area contributed by atoms with E-state index in [1.165, 1.54) is 12.2 Å². The Labute approximate surface area is 101 Å². The van der Waals surface area contributed by atoms with Crippen molar-refractivity contribution in [2.45, 2.75) is 57.7 Å². The summed E-state index contributed by atoms with van der Waals surface area (Å²) in [7, 11) is 0. The van der Waals surface area contributed by atoms with Crippen LogP contribution in [0.1, 0.15) is 46.0 Å². The molecule has 0 aromatic rings. The second-order valence-electron chi connectivity index (χ2n) is 4.76. The second-order valence-corrected chi connectivity index (χ2v) is 4.76. The topological polar surface area (TPSA) is 26.0 Å². The van der Waals surface area contributed by atoms with Crippen molar-refractivity contribution in [2.24, 2.45) is 5.73 Å². The maximum Gasteiger partial charge on any atom is 0.416 e. The number of allylic oxidation sites excluding steroid dienone is 2. The molecule has 4 heteroatoms. The highest BCUT2D eigenvalue weighted by molar-refractivity contribution is 5.38. The van der Waals surface area contributed by atoms with E-state index in [4.69, 9.17) is 5.73 Å². The van der Waals surface area contributed by atoms with E-state index in [-0.39, 0.29) is 0 Å². The van der Waals surface area contributed by atoms with Crippen LogP contribution in [-0.2, 0) is 0 Å². The molecular formula is C13H20F3N. The summed E-state index contributed by atoms with van der Waals surface area (Å²) < 4.78 is 38.4. The summed E-state index contributed by atoms with van der Waals surface area (Å²) in [5.74, 6) is 0. The zero-order valence-corrected chi connectivity index (χ0v) is 10.4. The fraction of sp³-hybridized carbons (Fsp3) is 0.692. The van der Waals surface area contributed by atoms with Crippen LogP contribution in [0.2, 0.25) is 0 Å². The first-order chi connectivity index (χ1) is 7.82. The highest BCUT2D eigenvalue weighted by atomic mass is 19.4. The molecule has 1 nitrogen and oxygen atoms in total. The smallest absolute Gasteiger partial charge is 0.322 e. The van der Waals surface area contributed by atoms with Gasteiger partial charge in [0, 0.05) is 5.54 Å². The van der Waals surface area contributed by atoms with E-state index in [9.17, 15) is 13.2 Å². The fourth-order valence-corrected chi connectivity index (χ4v) is 2.38. The molecule has 0 spiro atoms.